The quantitative estimate of drug-likeness (QED) is 0.330. The number of nitro groups is 1. The maximum absolute atomic E-state index is 12.7. The monoisotopic (exact) mass is 397 g/mol. The number of nitrogens with zero attached hydrogens (tertiary/aromatic N) is 5. The Morgan fingerprint density at radius 1 is 1.48 bits per heavy atom. The molecule has 0 bridgehead atoms. The number of benzene rings is 1. The van der Waals surface area contributed by atoms with Crippen LogP contribution >= 0.6 is 0 Å². The molecule has 0 spiro atoms. The van der Waals surface area contributed by atoms with Crippen molar-refractivity contribution < 1.29 is 14.5 Å². The molecule has 0 aliphatic carbocycles. The number of rotatable bonds is 5. The van der Waals surface area contributed by atoms with Gasteiger partial charge in [0, 0.05) is 29.9 Å². The molecule has 3 rings (SSSR count). The molecule has 1 aliphatic heterocycles. The van der Waals surface area contributed by atoms with Gasteiger partial charge in [0.2, 0.25) is 0 Å². The third-order valence-corrected chi connectivity index (χ3v) is 4.45. The van der Waals surface area contributed by atoms with Crippen LogP contribution in [-0.2, 0) is 4.74 Å². The molecule has 0 saturated carbocycles. The van der Waals surface area contributed by atoms with E-state index in [0.717, 1.165) is 0 Å². The molecular weight excluding hydrogens is 378 g/mol. The van der Waals surface area contributed by atoms with Crippen molar-refractivity contribution >= 4 is 23.6 Å². The van der Waals surface area contributed by atoms with Crippen molar-refractivity contribution in [2.24, 2.45) is 10.2 Å². The van der Waals surface area contributed by atoms with E-state index in [9.17, 15) is 19.7 Å². The first-order valence-corrected chi connectivity index (χ1v) is 9.05. The van der Waals surface area contributed by atoms with Crippen LogP contribution in [0.5, 0.6) is 0 Å². The van der Waals surface area contributed by atoms with Gasteiger partial charge in [-0.2, -0.15) is 10.2 Å². The highest BCUT2D eigenvalue weighted by atomic mass is 16.6. The van der Waals surface area contributed by atoms with Crippen molar-refractivity contribution in [3.05, 3.63) is 67.9 Å². The van der Waals surface area contributed by atoms with E-state index in [2.05, 4.69) is 15.2 Å². The molecule has 0 radical (unpaired) electrons. The predicted molar refractivity (Wildman–Crippen MR) is 106 cm³/mol. The summed E-state index contributed by atoms with van der Waals surface area (Å²) in [5.74, 6) is -0.363. The van der Waals surface area contributed by atoms with Crippen LogP contribution in [0, 0.1) is 10.1 Å². The average molecular weight is 397 g/mol. The number of fused-ring (bicyclic) bond motifs is 1. The maximum Gasteiger partial charge on any atom is 0.345 e. The lowest BCUT2D eigenvalue weighted by Crippen LogP contribution is -2.37. The van der Waals surface area contributed by atoms with E-state index in [0.29, 0.717) is 29.9 Å². The highest BCUT2D eigenvalue weighted by Gasteiger charge is 2.27. The van der Waals surface area contributed by atoms with Crippen molar-refractivity contribution in [3.63, 3.8) is 0 Å². The zero-order valence-electron chi connectivity index (χ0n) is 15.9. The Kier molecular flexibility index (Phi) is 5.91. The first-order valence-electron chi connectivity index (χ1n) is 9.05. The second-order valence-electron chi connectivity index (χ2n) is 6.42. The van der Waals surface area contributed by atoms with Crippen molar-refractivity contribution in [2.75, 3.05) is 6.61 Å². The summed E-state index contributed by atoms with van der Waals surface area (Å²) in [5.41, 5.74) is 0.381. The number of ether oxygens (including phenoxy) is 1. The predicted octanol–water partition coefficient (Wildman–Crippen LogP) is 2.51. The van der Waals surface area contributed by atoms with Gasteiger partial charge in [0.1, 0.15) is 11.3 Å². The molecule has 10 heteroatoms. The van der Waals surface area contributed by atoms with Gasteiger partial charge in [-0.15, -0.1) is 0 Å². The Balaban J connectivity index is 1.93. The third-order valence-electron chi connectivity index (χ3n) is 4.45. The van der Waals surface area contributed by atoms with E-state index in [1.54, 1.807) is 19.1 Å². The third kappa shape index (κ3) is 4.26. The fourth-order valence-electron chi connectivity index (χ4n) is 3.01. The molecule has 1 aromatic carbocycles. The van der Waals surface area contributed by atoms with E-state index in [4.69, 9.17) is 4.74 Å². The highest BCUT2D eigenvalue weighted by Crippen LogP contribution is 2.22. The van der Waals surface area contributed by atoms with Gasteiger partial charge >= 0.3 is 5.97 Å². The largest absolute Gasteiger partial charge is 0.462 e. The lowest BCUT2D eigenvalue weighted by Gasteiger charge is -2.24. The minimum absolute atomic E-state index is 0.0434. The first-order chi connectivity index (χ1) is 13.9. The molecule has 1 aromatic heterocycles. The number of non-ortho nitro benzene ring substituents is 1. The van der Waals surface area contributed by atoms with Crippen LogP contribution < -0.4 is 5.56 Å². The number of hydrogen-bond acceptors (Lipinski definition) is 8. The van der Waals surface area contributed by atoms with E-state index in [-0.39, 0.29) is 23.9 Å². The molecule has 1 atom stereocenters. The van der Waals surface area contributed by atoms with Crippen molar-refractivity contribution in [1.82, 2.24) is 9.55 Å². The Hall–Kier alpha value is -3.69. The van der Waals surface area contributed by atoms with Gasteiger partial charge < -0.3 is 4.74 Å². The number of esters is 1. The summed E-state index contributed by atoms with van der Waals surface area (Å²) in [6, 6.07) is 5.84. The van der Waals surface area contributed by atoms with Crippen LogP contribution in [0.1, 0.15) is 54.5 Å². The van der Waals surface area contributed by atoms with Crippen LogP contribution in [0.15, 0.2) is 45.5 Å². The van der Waals surface area contributed by atoms with Crippen molar-refractivity contribution in [2.45, 2.75) is 32.7 Å². The van der Waals surface area contributed by atoms with E-state index < -0.39 is 16.5 Å². The van der Waals surface area contributed by atoms with Gasteiger partial charge in [0.15, 0.2) is 5.82 Å². The molecule has 29 heavy (non-hydrogen) atoms. The molecule has 0 saturated heterocycles. The van der Waals surface area contributed by atoms with E-state index in [1.807, 2.05) is 6.92 Å². The van der Waals surface area contributed by atoms with E-state index >= 15 is 0 Å². The summed E-state index contributed by atoms with van der Waals surface area (Å²) in [7, 11) is 0. The van der Waals surface area contributed by atoms with Crippen LogP contribution in [0.2, 0.25) is 0 Å². The molecule has 2 heterocycles. The number of hydrogen-bond donors (Lipinski definition) is 0. The van der Waals surface area contributed by atoms with Gasteiger partial charge in [-0.05, 0) is 26.7 Å². The second-order valence-corrected chi connectivity index (χ2v) is 6.42. The highest BCUT2D eigenvalue weighted by molar-refractivity contribution is 5.99. The standard InChI is InChI=1S/C19H19N5O5/c1-3-29-19(26)15-11-20-17-16(8-7-12(2)23(17)18(15)25)22-21-10-13-5-4-6-14(9-13)24(27)28/h4-6,9-12H,3,7-8H2,1-2H3/b21-10+,22-16-. The number of carbonyl (C=O) groups is 1. The molecule has 0 amide bonds. The lowest BCUT2D eigenvalue weighted by atomic mass is 10.0. The summed E-state index contributed by atoms with van der Waals surface area (Å²) in [6.45, 7) is 3.69. The summed E-state index contributed by atoms with van der Waals surface area (Å²) < 4.78 is 6.34. The minimum Gasteiger partial charge on any atom is -0.462 e. The molecule has 1 aliphatic rings. The fourth-order valence-corrected chi connectivity index (χ4v) is 3.01. The number of aromatic nitrogens is 2. The topological polar surface area (TPSA) is 129 Å². The van der Waals surface area contributed by atoms with Crippen LogP contribution in [0.25, 0.3) is 0 Å². The average Bonchev–Trinajstić information content (AvgIpc) is 2.70. The lowest BCUT2D eigenvalue weighted by molar-refractivity contribution is -0.384. The van der Waals surface area contributed by atoms with Crippen LogP contribution in [0.3, 0.4) is 0 Å². The van der Waals surface area contributed by atoms with E-state index in [1.165, 1.54) is 29.1 Å². The Labute approximate surface area is 165 Å². The van der Waals surface area contributed by atoms with Crippen LogP contribution in [-0.4, -0.2) is 39.0 Å². The van der Waals surface area contributed by atoms with Crippen molar-refractivity contribution in [1.29, 1.82) is 0 Å². The summed E-state index contributed by atoms with van der Waals surface area (Å²) >= 11 is 0. The molecule has 10 nitrogen and oxygen atoms in total. The molecule has 1 unspecified atom stereocenters. The Bertz CT molecular complexity index is 1070. The molecule has 150 valence electrons. The SMILES string of the molecule is CCOC(=O)c1cnc2n(c1=O)C(C)CC/C2=N/N=C/c1cccc([N+](=O)[O-])c1. The van der Waals surface area contributed by atoms with Gasteiger partial charge in [0.25, 0.3) is 11.2 Å². The summed E-state index contributed by atoms with van der Waals surface area (Å²) in [6.07, 6.45) is 3.78. The zero-order valence-corrected chi connectivity index (χ0v) is 15.9. The molecule has 0 N–H and O–H groups in total. The van der Waals surface area contributed by atoms with Gasteiger partial charge in [0.05, 0.1) is 17.7 Å². The smallest absolute Gasteiger partial charge is 0.345 e. The van der Waals surface area contributed by atoms with Crippen molar-refractivity contribution in [3.8, 4) is 0 Å². The zero-order chi connectivity index (χ0) is 21.0. The summed E-state index contributed by atoms with van der Waals surface area (Å²) in [4.78, 5) is 39.3. The summed E-state index contributed by atoms with van der Waals surface area (Å²) in [5, 5.41) is 19.0. The molecule has 0 fully saturated rings. The Morgan fingerprint density at radius 2 is 2.28 bits per heavy atom. The minimum atomic E-state index is -0.708. The first kappa shape index (κ1) is 20.1. The molecular formula is C19H19N5O5. The fraction of sp³-hybridized carbons (Fsp3) is 0.316. The normalized spacial score (nSPS) is 17.3. The maximum atomic E-state index is 12.7. The molecule has 2 aromatic rings. The van der Waals surface area contributed by atoms with Gasteiger partial charge in [-0.3, -0.25) is 19.5 Å². The van der Waals surface area contributed by atoms with Crippen LogP contribution in [0.4, 0.5) is 5.69 Å². The number of carbonyl (C=O) groups excluding carboxylic acids is 1. The number of nitro benzene ring substituents is 1. The van der Waals surface area contributed by atoms with Gasteiger partial charge in [-0.25, -0.2) is 9.78 Å². The van der Waals surface area contributed by atoms with Gasteiger partial charge in [-0.1, -0.05) is 12.1 Å². The Morgan fingerprint density at radius 3 is 3.00 bits per heavy atom. The second kappa shape index (κ2) is 8.55.